The highest BCUT2D eigenvalue weighted by Crippen LogP contribution is 2.24. The van der Waals surface area contributed by atoms with Crippen LogP contribution in [0, 0.1) is 0 Å². The van der Waals surface area contributed by atoms with Crippen LogP contribution in [0.15, 0.2) is 53.0 Å². The van der Waals surface area contributed by atoms with Crippen LogP contribution >= 0.6 is 15.9 Å². The lowest BCUT2D eigenvalue weighted by molar-refractivity contribution is 0.0917. The maximum atomic E-state index is 13.3. The fourth-order valence-corrected chi connectivity index (χ4v) is 3.98. The molecule has 0 radical (unpaired) electrons. The molecule has 1 amide bonds. The quantitative estimate of drug-likeness (QED) is 0.695. The number of nitrogens with zero attached hydrogens (tertiary/aromatic N) is 2. The second-order valence-corrected chi connectivity index (χ2v) is 8.09. The molecule has 2 aliphatic heterocycles. The van der Waals surface area contributed by atoms with Gasteiger partial charge >= 0.3 is 0 Å². The van der Waals surface area contributed by atoms with E-state index in [0.717, 1.165) is 61.6 Å². The van der Waals surface area contributed by atoms with Crippen LogP contribution in [0.4, 0.5) is 11.4 Å². The number of benzene rings is 2. The predicted octanol–water partition coefficient (Wildman–Crippen LogP) is 4.11. The number of hydrogen-bond acceptors (Lipinski definition) is 4. The Morgan fingerprint density at radius 2 is 1.75 bits per heavy atom. The van der Waals surface area contributed by atoms with Crippen LogP contribution in [0.1, 0.15) is 23.2 Å². The van der Waals surface area contributed by atoms with Gasteiger partial charge in [0, 0.05) is 41.1 Å². The van der Waals surface area contributed by atoms with Crippen molar-refractivity contribution in [2.75, 3.05) is 49.3 Å². The molecule has 28 heavy (non-hydrogen) atoms. The number of hydrogen-bond donors (Lipinski definition) is 0. The monoisotopic (exact) mass is 444 g/mol. The van der Waals surface area contributed by atoms with Crippen molar-refractivity contribution in [2.45, 2.75) is 18.9 Å². The third kappa shape index (κ3) is 4.57. The van der Waals surface area contributed by atoms with Gasteiger partial charge in [0.2, 0.25) is 0 Å². The normalized spacial score (nSPS) is 19.6. The first kappa shape index (κ1) is 19.4. The highest BCUT2D eigenvalue weighted by molar-refractivity contribution is 9.10. The maximum absolute atomic E-state index is 13.3. The average molecular weight is 445 g/mol. The molecular weight excluding hydrogens is 420 g/mol. The average Bonchev–Trinajstić information content (AvgIpc) is 3.26. The summed E-state index contributed by atoms with van der Waals surface area (Å²) < 4.78 is 12.2. The number of carbonyl (C=O) groups excluding carboxylic acids is 1. The smallest absolute Gasteiger partial charge is 0.258 e. The van der Waals surface area contributed by atoms with E-state index in [9.17, 15) is 4.79 Å². The van der Waals surface area contributed by atoms with Gasteiger partial charge in [-0.15, -0.1) is 0 Å². The van der Waals surface area contributed by atoms with Gasteiger partial charge < -0.3 is 19.3 Å². The molecular formula is C22H25BrN2O3. The molecule has 1 atom stereocenters. The summed E-state index contributed by atoms with van der Waals surface area (Å²) in [7, 11) is 0. The van der Waals surface area contributed by atoms with Crippen LogP contribution in [0.2, 0.25) is 0 Å². The van der Waals surface area contributed by atoms with E-state index < -0.39 is 0 Å². The summed E-state index contributed by atoms with van der Waals surface area (Å²) in [5.74, 6) is 0.00588. The maximum Gasteiger partial charge on any atom is 0.258 e. The Kier molecular flexibility index (Phi) is 6.29. The molecule has 0 saturated carbocycles. The van der Waals surface area contributed by atoms with Gasteiger partial charge in [-0.25, -0.2) is 0 Å². The van der Waals surface area contributed by atoms with Gasteiger partial charge in [0.15, 0.2) is 0 Å². The van der Waals surface area contributed by atoms with Gasteiger partial charge in [-0.1, -0.05) is 15.9 Å². The van der Waals surface area contributed by atoms with Crippen molar-refractivity contribution in [2.24, 2.45) is 0 Å². The largest absolute Gasteiger partial charge is 0.378 e. The Morgan fingerprint density at radius 3 is 2.39 bits per heavy atom. The van der Waals surface area contributed by atoms with E-state index in [0.29, 0.717) is 12.1 Å². The first-order chi connectivity index (χ1) is 13.7. The predicted molar refractivity (Wildman–Crippen MR) is 114 cm³/mol. The first-order valence-corrected chi connectivity index (χ1v) is 10.6. The lowest BCUT2D eigenvalue weighted by Gasteiger charge is -2.29. The molecule has 2 heterocycles. The lowest BCUT2D eigenvalue weighted by Crippen LogP contribution is -2.38. The van der Waals surface area contributed by atoms with Crippen LogP contribution in [-0.2, 0) is 9.47 Å². The van der Waals surface area contributed by atoms with E-state index in [1.165, 1.54) is 0 Å². The topological polar surface area (TPSA) is 42.0 Å². The van der Waals surface area contributed by atoms with Crippen LogP contribution < -0.4 is 9.80 Å². The van der Waals surface area contributed by atoms with Crippen molar-refractivity contribution in [3.8, 4) is 0 Å². The second-order valence-electron chi connectivity index (χ2n) is 7.17. The number of anilines is 2. The number of ether oxygens (including phenoxy) is 2. The standard InChI is InChI=1S/C22H25BrN2O3/c23-18-5-9-20(10-6-18)25(16-21-2-1-13-28-21)22(26)17-3-7-19(8-4-17)24-11-14-27-15-12-24/h3-10,21H,1-2,11-16H2. The SMILES string of the molecule is O=C(c1ccc(N2CCOCC2)cc1)N(CC1CCCO1)c1ccc(Br)cc1. The molecule has 5 nitrogen and oxygen atoms in total. The van der Waals surface area contributed by atoms with E-state index in [1.54, 1.807) is 0 Å². The second kappa shape index (κ2) is 9.07. The Labute approximate surface area is 174 Å². The zero-order valence-corrected chi connectivity index (χ0v) is 17.4. The highest BCUT2D eigenvalue weighted by Gasteiger charge is 2.25. The van der Waals surface area contributed by atoms with Crippen molar-refractivity contribution < 1.29 is 14.3 Å². The Bertz CT molecular complexity index is 782. The molecule has 1 unspecified atom stereocenters. The summed E-state index contributed by atoms with van der Waals surface area (Å²) in [5, 5.41) is 0. The minimum atomic E-state index is 0.00588. The fraction of sp³-hybridized carbons (Fsp3) is 0.409. The molecule has 2 saturated heterocycles. The third-order valence-electron chi connectivity index (χ3n) is 5.28. The van der Waals surface area contributed by atoms with E-state index >= 15 is 0 Å². The summed E-state index contributed by atoms with van der Waals surface area (Å²) in [6.07, 6.45) is 2.15. The molecule has 6 heteroatoms. The van der Waals surface area contributed by atoms with Crippen LogP contribution in [-0.4, -0.2) is 51.5 Å². The summed E-state index contributed by atoms with van der Waals surface area (Å²) >= 11 is 3.47. The van der Waals surface area contributed by atoms with Crippen molar-refractivity contribution in [1.82, 2.24) is 0 Å². The van der Waals surface area contributed by atoms with Crippen molar-refractivity contribution in [3.63, 3.8) is 0 Å². The Balaban J connectivity index is 1.54. The number of rotatable bonds is 5. The molecule has 2 aromatic carbocycles. The Hall–Kier alpha value is -1.89. The highest BCUT2D eigenvalue weighted by atomic mass is 79.9. The van der Waals surface area contributed by atoms with Gasteiger partial charge in [-0.2, -0.15) is 0 Å². The summed E-state index contributed by atoms with van der Waals surface area (Å²) in [5.41, 5.74) is 2.72. The van der Waals surface area contributed by atoms with Crippen molar-refractivity contribution >= 4 is 33.2 Å². The molecule has 2 aromatic rings. The van der Waals surface area contributed by atoms with Gasteiger partial charge in [-0.3, -0.25) is 4.79 Å². The minimum absolute atomic E-state index is 0.00588. The fourth-order valence-electron chi connectivity index (χ4n) is 3.71. The van der Waals surface area contributed by atoms with Gasteiger partial charge in [0.1, 0.15) is 0 Å². The zero-order valence-electron chi connectivity index (χ0n) is 15.9. The van der Waals surface area contributed by atoms with Crippen LogP contribution in [0.25, 0.3) is 0 Å². The van der Waals surface area contributed by atoms with E-state index in [2.05, 4.69) is 20.8 Å². The van der Waals surface area contributed by atoms with E-state index in [-0.39, 0.29) is 12.0 Å². The summed E-state index contributed by atoms with van der Waals surface area (Å²) in [6.45, 7) is 4.63. The van der Waals surface area contributed by atoms with Crippen LogP contribution in [0.3, 0.4) is 0 Å². The van der Waals surface area contributed by atoms with Gasteiger partial charge in [0.25, 0.3) is 5.91 Å². The summed E-state index contributed by atoms with van der Waals surface area (Å²) in [6, 6.07) is 15.8. The molecule has 4 rings (SSSR count). The van der Waals surface area contributed by atoms with E-state index in [4.69, 9.17) is 9.47 Å². The molecule has 0 N–H and O–H groups in total. The molecule has 0 bridgehead atoms. The number of halogens is 1. The van der Waals surface area contributed by atoms with Crippen molar-refractivity contribution in [1.29, 1.82) is 0 Å². The molecule has 148 valence electrons. The van der Waals surface area contributed by atoms with Gasteiger partial charge in [0.05, 0.1) is 25.9 Å². The molecule has 2 aliphatic rings. The lowest BCUT2D eigenvalue weighted by atomic mass is 10.1. The molecule has 0 spiro atoms. The number of morpholine rings is 1. The molecule has 0 aliphatic carbocycles. The molecule has 0 aromatic heterocycles. The zero-order chi connectivity index (χ0) is 19.3. The third-order valence-corrected chi connectivity index (χ3v) is 5.81. The Morgan fingerprint density at radius 1 is 1.04 bits per heavy atom. The first-order valence-electron chi connectivity index (χ1n) is 9.82. The van der Waals surface area contributed by atoms with Crippen molar-refractivity contribution in [3.05, 3.63) is 58.6 Å². The number of carbonyl (C=O) groups is 1. The van der Waals surface area contributed by atoms with Crippen LogP contribution in [0.5, 0.6) is 0 Å². The van der Waals surface area contributed by atoms with E-state index in [1.807, 2.05) is 53.4 Å². The van der Waals surface area contributed by atoms with Gasteiger partial charge in [-0.05, 0) is 61.4 Å². The molecule has 2 fully saturated rings. The minimum Gasteiger partial charge on any atom is -0.378 e. The summed E-state index contributed by atoms with van der Waals surface area (Å²) in [4.78, 5) is 17.5. The number of amides is 1.